The molecule has 1 N–H and O–H groups in total. The molecule has 0 aliphatic heterocycles. The van der Waals surface area contributed by atoms with E-state index >= 15 is 0 Å². The van der Waals surface area contributed by atoms with Crippen LogP contribution in [0, 0.1) is 6.92 Å². The zero-order valence-electron chi connectivity index (χ0n) is 20.6. The van der Waals surface area contributed by atoms with Crippen LogP contribution in [0.5, 0.6) is 5.75 Å². The molecule has 0 aliphatic rings. The van der Waals surface area contributed by atoms with E-state index < -0.39 is 0 Å². The zero-order chi connectivity index (χ0) is 25.1. The Balaban J connectivity index is 1.72. The Labute approximate surface area is 211 Å². The Morgan fingerprint density at radius 2 is 1.80 bits per heavy atom. The van der Waals surface area contributed by atoms with Gasteiger partial charge < -0.3 is 19.4 Å². The second-order valence-corrected chi connectivity index (χ2v) is 9.04. The first-order chi connectivity index (χ1) is 16.8. The maximum absolute atomic E-state index is 12.8. The molecule has 0 saturated carbocycles. The van der Waals surface area contributed by atoms with Crippen LogP contribution in [0.25, 0.3) is 27.7 Å². The number of fused-ring (bicyclic) bond motifs is 1. The lowest BCUT2D eigenvalue weighted by atomic mass is 9.96. The van der Waals surface area contributed by atoms with E-state index in [4.69, 9.17) is 20.8 Å². The minimum absolute atomic E-state index is 0.203. The summed E-state index contributed by atoms with van der Waals surface area (Å²) in [5.41, 5.74) is 7.08. The van der Waals surface area contributed by atoms with Crippen LogP contribution in [0.2, 0.25) is 5.02 Å². The number of rotatable bonds is 7. The van der Waals surface area contributed by atoms with Crippen molar-refractivity contribution in [2.75, 3.05) is 30.9 Å². The Morgan fingerprint density at radius 1 is 1.11 bits per heavy atom. The van der Waals surface area contributed by atoms with E-state index in [1.54, 1.807) is 12.3 Å². The summed E-state index contributed by atoms with van der Waals surface area (Å²) < 4.78 is 12.0. The molecule has 5 nitrogen and oxygen atoms in total. The molecule has 35 heavy (non-hydrogen) atoms. The lowest BCUT2D eigenvalue weighted by Gasteiger charge is -2.15. The van der Waals surface area contributed by atoms with E-state index in [9.17, 15) is 4.79 Å². The van der Waals surface area contributed by atoms with Crippen LogP contribution in [-0.2, 0) is 4.79 Å². The normalized spacial score (nSPS) is 11.5. The number of halogens is 1. The van der Waals surface area contributed by atoms with Gasteiger partial charge in [0.05, 0.1) is 12.9 Å². The van der Waals surface area contributed by atoms with Gasteiger partial charge in [-0.1, -0.05) is 23.7 Å². The minimum Gasteiger partial charge on any atom is -0.493 e. The summed E-state index contributed by atoms with van der Waals surface area (Å²) in [4.78, 5) is 14.8. The zero-order valence-corrected chi connectivity index (χ0v) is 21.4. The fourth-order valence-electron chi connectivity index (χ4n) is 4.09. The topological polar surface area (TPSA) is 54.7 Å². The van der Waals surface area contributed by atoms with Crippen molar-refractivity contribution in [2.45, 2.75) is 20.8 Å². The van der Waals surface area contributed by atoms with Crippen LogP contribution in [0.3, 0.4) is 0 Å². The highest BCUT2D eigenvalue weighted by molar-refractivity contribution is 6.30. The van der Waals surface area contributed by atoms with Gasteiger partial charge in [-0.3, -0.25) is 4.79 Å². The summed E-state index contributed by atoms with van der Waals surface area (Å²) in [7, 11) is 3.96. The summed E-state index contributed by atoms with van der Waals surface area (Å²) >= 11 is 6.08. The molecule has 0 radical (unpaired) electrons. The molecular formula is C29H29ClN2O3. The van der Waals surface area contributed by atoms with Gasteiger partial charge in [0.1, 0.15) is 11.3 Å². The lowest BCUT2D eigenvalue weighted by molar-refractivity contribution is -0.111. The third kappa shape index (κ3) is 5.20. The van der Waals surface area contributed by atoms with Gasteiger partial charge in [-0.25, -0.2) is 0 Å². The van der Waals surface area contributed by atoms with Crippen molar-refractivity contribution in [3.05, 3.63) is 83.1 Å². The summed E-state index contributed by atoms with van der Waals surface area (Å²) in [5, 5.41) is 4.58. The quantitative estimate of drug-likeness (QED) is 0.272. The van der Waals surface area contributed by atoms with E-state index in [2.05, 4.69) is 5.32 Å². The first-order valence-corrected chi connectivity index (χ1v) is 11.9. The first kappa shape index (κ1) is 24.4. The van der Waals surface area contributed by atoms with Gasteiger partial charge in [0.15, 0.2) is 0 Å². The predicted molar refractivity (Wildman–Crippen MR) is 146 cm³/mol. The molecule has 180 valence electrons. The van der Waals surface area contributed by atoms with Crippen LogP contribution in [0.15, 0.2) is 71.4 Å². The summed E-state index contributed by atoms with van der Waals surface area (Å²) in [6.45, 7) is 6.34. The predicted octanol–water partition coefficient (Wildman–Crippen LogP) is 7.57. The van der Waals surface area contributed by atoms with Crippen molar-refractivity contribution in [1.82, 2.24) is 0 Å². The van der Waals surface area contributed by atoms with Crippen molar-refractivity contribution in [1.29, 1.82) is 0 Å². The molecule has 0 unspecified atom stereocenters. The van der Waals surface area contributed by atoms with Crippen molar-refractivity contribution >= 4 is 45.4 Å². The third-order valence-corrected chi connectivity index (χ3v) is 6.16. The SMILES string of the molecule is CCOc1c(/C(C)=C/C(=O)Nc2ccc(N(C)C)cc2)cc2c(-c3ccc(Cl)cc3)coc2c1C. The number of aryl methyl sites for hydroxylation is 1. The van der Waals surface area contributed by atoms with Crippen LogP contribution < -0.4 is 15.0 Å². The number of nitrogens with zero attached hydrogens (tertiary/aromatic N) is 1. The van der Waals surface area contributed by atoms with Gasteiger partial charge in [-0.05, 0) is 74.4 Å². The molecule has 1 amide bonds. The maximum atomic E-state index is 12.8. The molecule has 4 rings (SSSR count). The number of anilines is 2. The Morgan fingerprint density at radius 3 is 2.43 bits per heavy atom. The molecule has 6 heteroatoms. The highest BCUT2D eigenvalue weighted by Crippen LogP contribution is 2.41. The number of carbonyl (C=O) groups excluding carboxylic acids is 1. The smallest absolute Gasteiger partial charge is 0.248 e. The van der Waals surface area contributed by atoms with Crippen molar-refractivity contribution < 1.29 is 13.9 Å². The van der Waals surface area contributed by atoms with Crippen LogP contribution >= 0.6 is 11.6 Å². The molecule has 0 saturated heterocycles. The molecular weight excluding hydrogens is 460 g/mol. The van der Waals surface area contributed by atoms with Gasteiger partial charge in [0.25, 0.3) is 0 Å². The highest BCUT2D eigenvalue weighted by Gasteiger charge is 2.19. The Bertz CT molecular complexity index is 1380. The van der Waals surface area contributed by atoms with Gasteiger partial charge in [0.2, 0.25) is 5.91 Å². The highest BCUT2D eigenvalue weighted by atomic mass is 35.5. The van der Waals surface area contributed by atoms with Crippen LogP contribution in [0.4, 0.5) is 11.4 Å². The van der Waals surface area contributed by atoms with Gasteiger partial charge >= 0.3 is 0 Å². The molecule has 0 fully saturated rings. The molecule has 1 heterocycles. The molecule has 0 spiro atoms. The maximum Gasteiger partial charge on any atom is 0.248 e. The molecule has 4 aromatic rings. The molecule has 3 aromatic carbocycles. The molecule has 0 atom stereocenters. The van der Waals surface area contributed by atoms with Gasteiger partial charge in [-0.2, -0.15) is 0 Å². The summed E-state index contributed by atoms with van der Waals surface area (Å²) in [6, 6.07) is 17.4. The molecule has 1 aromatic heterocycles. The largest absolute Gasteiger partial charge is 0.493 e. The number of carbonyl (C=O) groups is 1. The summed E-state index contributed by atoms with van der Waals surface area (Å²) in [5.74, 6) is 0.513. The number of allylic oxidation sites excluding steroid dienone is 1. The number of benzene rings is 3. The van der Waals surface area contributed by atoms with E-state index in [-0.39, 0.29) is 5.91 Å². The monoisotopic (exact) mass is 488 g/mol. The Hall–Kier alpha value is -3.70. The van der Waals surface area contributed by atoms with Crippen LogP contribution in [0.1, 0.15) is 25.0 Å². The number of nitrogens with one attached hydrogen (secondary N) is 1. The fraction of sp³-hybridized carbons (Fsp3) is 0.207. The van der Waals surface area contributed by atoms with Crippen molar-refractivity contribution in [2.24, 2.45) is 0 Å². The van der Waals surface area contributed by atoms with E-state index in [0.29, 0.717) is 17.4 Å². The number of amides is 1. The number of hydrogen-bond donors (Lipinski definition) is 1. The summed E-state index contributed by atoms with van der Waals surface area (Å²) in [6.07, 6.45) is 3.36. The van der Waals surface area contributed by atoms with Gasteiger partial charge in [0, 0.05) is 58.6 Å². The average molecular weight is 489 g/mol. The van der Waals surface area contributed by atoms with Crippen molar-refractivity contribution in [3.8, 4) is 16.9 Å². The Kier molecular flexibility index (Phi) is 7.17. The molecule has 0 aliphatic carbocycles. The van der Waals surface area contributed by atoms with Crippen molar-refractivity contribution in [3.63, 3.8) is 0 Å². The van der Waals surface area contributed by atoms with E-state index in [0.717, 1.165) is 50.2 Å². The lowest BCUT2D eigenvalue weighted by Crippen LogP contribution is -2.10. The second kappa shape index (κ2) is 10.3. The van der Waals surface area contributed by atoms with E-state index in [1.807, 2.05) is 94.4 Å². The molecule has 0 bridgehead atoms. The standard InChI is InChI=1S/C29H29ClN2O3/c1-6-34-28-19(3)29-25(26(17-35-29)20-7-9-21(30)10-8-20)16-24(28)18(2)15-27(33)31-22-11-13-23(14-12-22)32(4)5/h7-17H,6H2,1-5H3,(H,31,33)/b18-15+. The number of furan rings is 1. The third-order valence-electron chi connectivity index (χ3n) is 5.91. The first-order valence-electron chi connectivity index (χ1n) is 11.5. The van der Waals surface area contributed by atoms with E-state index in [1.165, 1.54) is 0 Å². The van der Waals surface area contributed by atoms with Crippen LogP contribution in [-0.4, -0.2) is 26.6 Å². The fourth-order valence-corrected chi connectivity index (χ4v) is 4.21. The number of ether oxygens (including phenoxy) is 1. The second-order valence-electron chi connectivity index (χ2n) is 8.60. The minimum atomic E-state index is -0.203. The number of hydrogen-bond acceptors (Lipinski definition) is 4. The average Bonchev–Trinajstić information content (AvgIpc) is 3.26. The van der Waals surface area contributed by atoms with Gasteiger partial charge in [-0.15, -0.1) is 0 Å².